The molecule has 1 N–H and O–H groups in total. The van der Waals surface area contributed by atoms with Crippen LogP contribution in [0.2, 0.25) is 0 Å². The van der Waals surface area contributed by atoms with Crippen LogP contribution in [0.15, 0.2) is 71.3 Å². The van der Waals surface area contributed by atoms with Gasteiger partial charge in [-0.25, -0.2) is 4.39 Å². The van der Waals surface area contributed by atoms with Crippen LogP contribution in [0.5, 0.6) is 0 Å². The summed E-state index contributed by atoms with van der Waals surface area (Å²) in [5.41, 5.74) is 2.42. The molecule has 3 rings (SSSR count). The maximum absolute atomic E-state index is 13.7. The molecule has 0 aliphatic heterocycles. The molecule has 0 spiro atoms. The molecule has 0 fully saturated rings. The third-order valence-electron chi connectivity index (χ3n) is 3.44. The van der Waals surface area contributed by atoms with E-state index in [0.29, 0.717) is 5.56 Å². The van der Waals surface area contributed by atoms with E-state index in [4.69, 9.17) is 4.42 Å². The minimum absolute atomic E-state index is 0.150. The maximum atomic E-state index is 13.7. The molecule has 21 heavy (non-hydrogen) atoms. The van der Waals surface area contributed by atoms with Crippen LogP contribution in [0, 0.1) is 12.7 Å². The lowest BCUT2D eigenvalue weighted by Gasteiger charge is -2.18. The Morgan fingerprint density at radius 2 is 1.81 bits per heavy atom. The molecule has 1 unspecified atom stereocenters. The average molecular weight is 281 g/mol. The Labute approximate surface area is 123 Å². The first-order chi connectivity index (χ1) is 10.2. The van der Waals surface area contributed by atoms with Crippen LogP contribution in [-0.2, 0) is 0 Å². The second kappa shape index (κ2) is 5.83. The maximum Gasteiger partial charge on any atom is 0.130 e. The highest BCUT2D eigenvalue weighted by Gasteiger charge is 2.16. The fraction of sp³-hybridized carbons (Fsp3) is 0.111. The van der Waals surface area contributed by atoms with Gasteiger partial charge in [-0.05, 0) is 42.3 Å². The lowest BCUT2D eigenvalue weighted by atomic mass is 10.0. The Hall–Kier alpha value is -2.55. The van der Waals surface area contributed by atoms with Gasteiger partial charge in [-0.3, -0.25) is 0 Å². The molecule has 2 nitrogen and oxygen atoms in total. The van der Waals surface area contributed by atoms with Crippen LogP contribution < -0.4 is 5.32 Å². The molecule has 3 aromatic rings. The molecule has 0 amide bonds. The summed E-state index contributed by atoms with van der Waals surface area (Å²) in [6.45, 7) is 1.75. The van der Waals surface area contributed by atoms with Gasteiger partial charge < -0.3 is 9.73 Å². The summed E-state index contributed by atoms with van der Waals surface area (Å²) in [5, 5.41) is 3.33. The normalized spacial score (nSPS) is 12.1. The number of rotatable bonds is 4. The molecule has 0 radical (unpaired) electrons. The van der Waals surface area contributed by atoms with Crippen molar-refractivity contribution >= 4 is 5.69 Å². The van der Waals surface area contributed by atoms with Gasteiger partial charge in [0.2, 0.25) is 0 Å². The third kappa shape index (κ3) is 2.97. The molecule has 106 valence electrons. The van der Waals surface area contributed by atoms with Crippen molar-refractivity contribution in [1.29, 1.82) is 0 Å². The Balaban J connectivity index is 1.95. The quantitative estimate of drug-likeness (QED) is 0.733. The van der Waals surface area contributed by atoms with Gasteiger partial charge in [-0.15, -0.1) is 0 Å². The van der Waals surface area contributed by atoms with Gasteiger partial charge in [0.05, 0.1) is 6.26 Å². The second-order valence-electron chi connectivity index (χ2n) is 4.97. The van der Waals surface area contributed by atoms with Gasteiger partial charge in [0.1, 0.15) is 17.6 Å². The fourth-order valence-corrected chi connectivity index (χ4v) is 2.27. The van der Waals surface area contributed by atoms with E-state index in [-0.39, 0.29) is 11.9 Å². The SMILES string of the molecule is Cc1ccc(NC(c2ccccc2)c2ccco2)cc1F. The van der Waals surface area contributed by atoms with E-state index >= 15 is 0 Å². The van der Waals surface area contributed by atoms with Gasteiger partial charge >= 0.3 is 0 Å². The van der Waals surface area contributed by atoms with E-state index in [1.165, 1.54) is 6.07 Å². The van der Waals surface area contributed by atoms with E-state index in [2.05, 4.69) is 5.32 Å². The van der Waals surface area contributed by atoms with Crippen LogP contribution >= 0.6 is 0 Å². The van der Waals surface area contributed by atoms with Crippen molar-refractivity contribution in [3.05, 3.63) is 89.6 Å². The van der Waals surface area contributed by atoms with Crippen LogP contribution in [0.3, 0.4) is 0 Å². The summed E-state index contributed by atoms with van der Waals surface area (Å²) in [6.07, 6.45) is 1.64. The number of aryl methyl sites for hydroxylation is 1. The van der Waals surface area contributed by atoms with Crippen molar-refractivity contribution in [2.24, 2.45) is 0 Å². The van der Waals surface area contributed by atoms with E-state index < -0.39 is 0 Å². The molecule has 2 aromatic carbocycles. The molecule has 0 bridgehead atoms. The van der Waals surface area contributed by atoms with Crippen molar-refractivity contribution < 1.29 is 8.81 Å². The Bertz CT molecular complexity index is 707. The van der Waals surface area contributed by atoms with Crippen molar-refractivity contribution in [3.63, 3.8) is 0 Å². The lowest BCUT2D eigenvalue weighted by molar-refractivity contribution is 0.499. The number of furan rings is 1. The summed E-state index contributed by atoms with van der Waals surface area (Å²) in [4.78, 5) is 0. The number of hydrogen-bond donors (Lipinski definition) is 1. The first kappa shape index (κ1) is 13.4. The molecule has 0 aliphatic carbocycles. The summed E-state index contributed by atoms with van der Waals surface area (Å²) >= 11 is 0. The zero-order valence-electron chi connectivity index (χ0n) is 11.7. The Kier molecular flexibility index (Phi) is 3.73. The van der Waals surface area contributed by atoms with E-state index in [9.17, 15) is 4.39 Å². The third-order valence-corrected chi connectivity index (χ3v) is 3.44. The highest BCUT2D eigenvalue weighted by molar-refractivity contribution is 5.49. The zero-order chi connectivity index (χ0) is 14.7. The van der Waals surface area contributed by atoms with Crippen molar-refractivity contribution in [2.75, 3.05) is 5.32 Å². The molecule has 1 atom stereocenters. The molecular formula is C18H16FNO. The minimum Gasteiger partial charge on any atom is -0.467 e. The topological polar surface area (TPSA) is 25.2 Å². The number of hydrogen-bond acceptors (Lipinski definition) is 2. The summed E-state index contributed by atoms with van der Waals surface area (Å²) < 4.78 is 19.2. The van der Waals surface area contributed by atoms with Crippen LogP contribution in [-0.4, -0.2) is 0 Å². The zero-order valence-corrected chi connectivity index (χ0v) is 11.7. The summed E-state index contributed by atoms with van der Waals surface area (Å²) in [6, 6.07) is 18.7. The smallest absolute Gasteiger partial charge is 0.130 e. The van der Waals surface area contributed by atoms with E-state index in [1.54, 1.807) is 19.3 Å². The first-order valence-corrected chi connectivity index (χ1v) is 6.85. The van der Waals surface area contributed by atoms with E-state index in [1.807, 2.05) is 48.5 Å². The monoisotopic (exact) mass is 281 g/mol. The van der Waals surface area contributed by atoms with Gasteiger partial charge in [0.15, 0.2) is 0 Å². The second-order valence-corrected chi connectivity index (χ2v) is 4.97. The van der Waals surface area contributed by atoms with Crippen molar-refractivity contribution in [2.45, 2.75) is 13.0 Å². The molecular weight excluding hydrogens is 265 g/mol. The predicted molar refractivity (Wildman–Crippen MR) is 81.8 cm³/mol. The number of nitrogens with one attached hydrogen (secondary N) is 1. The van der Waals surface area contributed by atoms with Gasteiger partial charge in [0, 0.05) is 5.69 Å². The molecule has 0 saturated heterocycles. The standard InChI is InChI=1S/C18H16FNO/c1-13-9-10-15(12-16(13)19)20-18(17-8-5-11-21-17)14-6-3-2-4-7-14/h2-12,18,20H,1H3. The average Bonchev–Trinajstić information content (AvgIpc) is 3.03. The Morgan fingerprint density at radius 3 is 2.48 bits per heavy atom. The van der Waals surface area contributed by atoms with Crippen LogP contribution in [0.25, 0.3) is 0 Å². The summed E-state index contributed by atoms with van der Waals surface area (Å²) in [7, 11) is 0. The largest absolute Gasteiger partial charge is 0.467 e. The lowest BCUT2D eigenvalue weighted by Crippen LogP contribution is -2.11. The van der Waals surface area contributed by atoms with Gasteiger partial charge in [0.25, 0.3) is 0 Å². The van der Waals surface area contributed by atoms with E-state index in [0.717, 1.165) is 17.0 Å². The highest BCUT2D eigenvalue weighted by atomic mass is 19.1. The molecule has 1 heterocycles. The van der Waals surface area contributed by atoms with Gasteiger partial charge in [-0.1, -0.05) is 36.4 Å². The molecule has 0 saturated carbocycles. The highest BCUT2D eigenvalue weighted by Crippen LogP contribution is 2.27. The Morgan fingerprint density at radius 1 is 1.00 bits per heavy atom. The minimum atomic E-state index is -0.216. The predicted octanol–water partition coefficient (Wildman–Crippen LogP) is 4.93. The first-order valence-electron chi connectivity index (χ1n) is 6.85. The van der Waals surface area contributed by atoms with Crippen LogP contribution in [0.4, 0.5) is 10.1 Å². The number of halogens is 1. The fourth-order valence-electron chi connectivity index (χ4n) is 2.27. The number of anilines is 1. The van der Waals surface area contributed by atoms with Gasteiger partial charge in [-0.2, -0.15) is 0 Å². The molecule has 0 aliphatic rings. The van der Waals surface area contributed by atoms with Crippen molar-refractivity contribution in [1.82, 2.24) is 0 Å². The molecule has 3 heteroatoms. The van der Waals surface area contributed by atoms with Crippen LogP contribution in [0.1, 0.15) is 22.9 Å². The summed E-state index contributed by atoms with van der Waals surface area (Å²) in [5.74, 6) is 0.577. The van der Waals surface area contributed by atoms with Crippen molar-refractivity contribution in [3.8, 4) is 0 Å². The molecule has 1 aromatic heterocycles. The number of benzene rings is 2.